The monoisotopic (exact) mass is 273 g/mol. The number of nitrogens with zero attached hydrogens (tertiary/aromatic N) is 2. The first-order chi connectivity index (χ1) is 8.50. The lowest BCUT2D eigenvalue weighted by atomic mass is 10.1. The summed E-state index contributed by atoms with van der Waals surface area (Å²) in [7, 11) is -2.02. The molecule has 2 rings (SSSR count). The van der Waals surface area contributed by atoms with Gasteiger partial charge in [-0.25, -0.2) is 13.1 Å². The normalized spacial score (nSPS) is 25.9. The zero-order valence-electron chi connectivity index (χ0n) is 10.4. The van der Waals surface area contributed by atoms with Crippen LogP contribution >= 0.6 is 0 Å². The first-order valence-electron chi connectivity index (χ1n) is 6.19. The molecular formula is C11H19N3O3S. The van der Waals surface area contributed by atoms with Crippen LogP contribution in [0.25, 0.3) is 0 Å². The molecule has 7 heteroatoms. The first kappa shape index (κ1) is 13.5. The zero-order valence-corrected chi connectivity index (χ0v) is 11.2. The Bertz CT molecular complexity index is 497. The van der Waals surface area contributed by atoms with Crippen molar-refractivity contribution in [1.29, 1.82) is 0 Å². The van der Waals surface area contributed by atoms with Gasteiger partial charge in [-0.15, -0.1) is 0 Å². The fourth-order valence-corrected chi connectivity index (χ4v) is 3.74. The minimum absolute atomic E-state index is 0.124. The minimum Gasteiger partial charge on any atom is -0.391 e. The molecule has 0 amide bonds. The molecule has 18 heavy (non-hydrogen) atoms. The molecule has 6 nitrogen and oxygen atoms in total. The molecule has 1 aliphatic carbocycles. The van der Waals surface area contributed by atoms with Gasteiger partial charge in [0.15, 0.2) is 5.03 Å². The first-order valence-corrected chi connectivity index (χ1v) is 7.67. The van der Waals surface area contributed by atoms with E-state index >= 15 is 0 Å². The zero-order chi connectivity index (χ0) is 13.2. The number of hydrogen-bond acceptors (Lipinski definition) is 4. The Morgan fingerprint density at radius 3 is 2.78 bits per heavy atom. The average Bonchev–Trinajstić information content (AvgIpc) is 2.64. The van der Waals surface area contributed by atoms with E-state index in [1.807, 2.05) is 0 Å². The van der Waals surface area contributed by atoms with Crippen molar-refractivity contribution in [3.05, 3.63) is 12.3 Å². The molecule has 1 aromatic rings. The summed E-state index contributed by atoms with van der Waals surface area (Å²) in [6, 6.07) is 1.05. The van der Waals surface area contributed by atoms with Gasteiger partial charge in [0.25, 0.3) is 10.0 Å². The molecule has 1 fully saturated rings. The Morgan fingerprint density at radius 2 is 2.11 bits per heavy atom. The van der Waals surface area contributed by atoms with Crippen LogP contribution in [0, 0.1) is 0 Å². The van der Waals surface area contributed by atoms with Crippen LogP contribution in [0.2, 0.25) is 0 Å². The second-order valence-electron chi connectivity index (χ2n) is 4.73. The van der Waals surface area contributed by atoms with Gasteiger partial charge in [-0.1, -0.05) is 19.3 Å². The number of aryl methyl sites for hydroxylation is 1. The van der Waals surface area contributed by atoms with E-state index < -0.39 is 22.2 Å². The fraction of sp³-hybridized carbons (Fsp3) is 0.727. The lowest BCUT2D eigenvalue weighted by molar-refractivity contribution is 0.130. The van der Waals surface area contributed by atoms with Gasteiger partial charge >= 0.3 is 0 Å². The molecule has 1 saturated carbocycles. The van der Waals surface area contributed by atoms with E-state index in [-0.39, 0.29) is 5.03 Å². The lowest BCUT2D eigenvalue weighted by Gasteiger charge is -2.21. The molecular weight excluding hydrogens is 254 g/mol. The van der Waals surface area contributed by atoms with Crippen LogP contribution in [0.15, 0.2) is 17.3 Å². The number of aromatic nitrogens is 2. The highest BCUT2D eigenvalue weighted by Crippen LogP contribution is 2.20. The standard InChI is InChI=1S/C11H19N3O3S/c1-14-11(7-8-12-14)18(16,17)13-9-5-3-2-4-6-10(9)15/h7-10,13,15H,2-6H2,1H3. The molecule has 0 aliphatic heterocycles. The van der Waals surface area contributed by atoms with E-state index in [2.05, 4.69) is 9.82 Å². The SMILES string of the molecule is Cn1nccc1S(=O)(=O)NC1CCCCCC1O. The maximum atomic E-state index is 12.2. The largest absolute Gasteiger partial charge is 0.391 e. The van der Waals surface area contributed by atoms with Crippen LogP contribution in [0.5, 0.6) is 0 Å². The molecule has 0 radical (unpaired) electrons. The van der Waals surface area contributed by atoms with Crippen molar-refractivity contribution in [2.24, 2.45) is 7.05 Å². The predicted octanol–water partition coefficient (Wildman–Crippen LogP) is 0.392. The number of aliphatic hydroxyl groups is 1. The maximum Gasteiger partial charge on any atom is 0.258 e. The second kappa shape index (κ2) is 5.38. The molecule has 1 heterocycles. The van der Waals surface area contributed by atoms with Crippen molar-refractivity contribution in [3.63, 3.8) is 0 Å². The highest BCUT2D eigenvalue weighted by molar-refractivity contribution is 7.89. The van der Waals surface area contributed by atoms with Crippen LogP contribution in [0.4, 0.5) is 0 Å². The number of sulfonamides is 1. The fourth-order valence-electron chi connectivity index (χ4n) is 2.31. The van der Waals surface area contributed by atoms with Gasteiger partial charge in [0.2, 0.25) is 0 Å². The summed E-state index contributed by atoms with van der Waals surface area (Å²) in [5, 5.41) is 13.9. The lowest BCUT2D eigenvalue weighted by Crippen LogP contribution is -2.43. The van der Waals surface area contributed by atoms with Gasteiger partial charge in [-0.2, -0.15) is 5.10 Å². The van der Waals surface area contributed by atoms with Crippen molar-refractivity contribution in [2.45, 2.75) is 49.3 Å². The van der Waals surface area contributed by atoms with E-state index in [1.54, 1.807) is 7.05 Å². The highest BCUT2D eigenvalue weighted by atomic mass is 32.2. The van der Waals surface area contributed by atoms with Crippen molar-refractivity contribution in [1.82, 2.24) is 14.5 Å². The Kier molecular flexibility index (Phi) is 4.04. The quantitative estimate of drug-likeness (QED) is 0.780. The summed E-state index contributed by atoms with van der Waals surface area (Å²) in [5.74, 6) is 0. The third-order valence-corrected chi connectivity index (χ3v) is 4.90. The number of nitrogens with one attached hydrogen (secondary N) is 1. The summed E-state index contributed by atoms with van der Waals surface area (Å²) in [6.45, 7) is 0. The molecule has 0 bridgehead atoms. The van der Waals surface area contributed by atoms with Crippen LogP contribution in [-0.2, 0) is 17.1 Å². The summed E-state index contributed by atoms with van der Waals surface area (Å²) < 4.78 is 28.2. The van der Waals surface area contributed by atoms with Gasteiger partial charge in [0, 0.05) is 13.1 Å². The van der Waals surface area contributed by atoms with Crippen LogP contribution in [-0.4, -0.2) is 35.5 Å². The molecule has 0 saturated heterocycles. The van der Waals surface area contributed by atoms with E-state index in [1.165, 1.54) is 16.9 Å². The van der Waals surface area contributed by atoms with E-state index in [0.717, 1.165) is 19.3 Å². The predicted molar refractivity (Wildman–Crippen MR) is 66.4 cm³/mol. The van der Waals surface area contributed by atoms with Gasteiger partial charge < -0.3 is 5.11 Å². The van der Waals surface area contributed by atoms with Crippen molar-refractivity contribution < 1.29 is 13.5 Å². The number of aliphatic hydroxyl groups excluding tert-OH is 1. The Labute approximate surface area is 107 Å². The van der Waals surface area contributed by atoms with Crippen LogP contribution in [0.1, 0.15) is 32.1 Å². The van der Waals surface area contributed by atoms with Gasteiger partial charge in [-0.3, -0.25) is 4.68 Å². The van der Waals surface area contributed by atoms with Crippen LogP contribution in [0.3, 0.4) is 0 Å². The summed E-state index contributed by atoms with van der Waals surface area (Å²) in [6.07, 6.45) is 5.10. The van der Waals surface area contributed by atoms with E-state index in [9.17, 15) is 13.5 Å². The average molecular weight is 273 g/mol. The second-order valence-corrected chi connectivity index (χ2v) is 6.39. The molecule has 2 atom stereocenters. The van der Waals surface area contributed by atoms with Gasteiger partial charge in [-0.05, 0) is 18.9 Å². The summed E-state index contributed by atoms with van der Waals surface area (Å²) >= 11 is 0. The summed E-state index contributed by atoms with van der Waals surface area (Å²) in [4.78, 5) is 0. The third-order valence-electron chi connectivity index (χ3n) is 3.34. The van der Waals surface area contributed by atoms with Crippen molar-refractivity contribution >= 4 is 10.0 Å². The Morgan fingerprint density at radius 1 is 1.39 bits per heavy atom. The van der Waals surface area contributed by atoms with E-state index in [4.69, 9.17) is 0 Å². The molecule has 1 aliphatic rings. The minimum atomic E-state index is -3.61. The topological polar surface area (TPSA) is 84.2 Å². The van der Waals surface area contributed by atoms with Gasteiger partial charge in [0.1, 0.15) is 0 Å². The van der Waals surface area contributed by atoms with Gasteiger partial charge in [0.05, 0.1) is 12.3 Å². The van der Waals surface area contributed by atoms with E-state index in [0.29, 0.717) is 12.8 Å². The maximum absolute atomic E-state index is 12.2. The Balaban J connectivity index is 2.15. The van der Waals surface area contributed by atoms with Crippen molar-refractivity contribution in [2.75, 3.05) is 0 Å². The Hall–Kier alpha value is -0.920. The summed E-state index contributed by atoms with van der Waals surface area (Å²) in [5.41, 5.74) is 0. The third kappa shape index (κ3) is 2.90. The molecule has 102 valence electrons. The molecule has 0 aromatic carbocycles. The highest BCUT2D eigenvalue weighted by Gasteiger charge is 2.28. The molecule has 1 aromatic heterocycles. The molecule has 2 unspecified atom stereocenters. The number of hydrogen-bond donors (Lipinski definition) is 2. The van der Waals surface area contributed by atoms with Crippen molar-refractivity contribution in [3.8, 4) is 0 Å². The smallest absolute Gasteiger partial charge is 0.258 e. The number of rotatable bonds is 3. The van der Waals surface area contributed by atoms with Crippen LogP contribution < -0.4 is 4.72 Å². The molecule has 2 N–H and O–H groups in total. The molecule has 0 spiro atoms.